The molecule has 0 aromatic carbocycles. The maximum absolute atomic E-state index is 12.6. The highest BCUT2D eigenvalue weighted by Gasteiger charge is 2.21. The first-order valence-corrected chi connectivity index (χ1v) is 9.97. The molecule has 1 aliphatic rings. The van der Waals surface area contributed by atoms with Crippen molar-refractivity contribution < 1.29 is 9.32 Å². The van der Waals surface area contributed by atoms with Crippen LogP contribution >= 0.6 is 0 Å². The number of rotatable bonds is 6. The maximum atomic E-state index is 12.6. The first kappa shape index (κ1) is 18.6. The summed E-state index contributed by atoms with van der Waals surface area (Å²) in [5, 5.41) is 6.87. The number of aromatic nitrogens is 5. The van der Waals surface area contributed by atoms with Crippen LogP contribution in [0.25, 0.3) is 11.2 Å². The molecule has 0 spiro atoms. The lowest BCUT2D eigenvalue weighted by Gasteiger charge is -2.12. The Balaban J connectivity index is 1.47. The van der Waals surface area contributed by atoms with E-state index in [-0.39, 0.29) is 11.9 Å². The maximum Gasteiger partial charge on any atom is 0.253 e. The molecular formula is C20H26N6O2. The molecule has 0 radical (unpaired) electrons. The molecule has 3 aromatic heterocycles. The molecule has 0 saturated heterocycles. The monoisotopic (exact) mass is 382 g/mol. The molecule has 1 saturated carbocycles. The fraction of sp³-hybridized carbons (Fsp3) is 0.550. The molecule has 3 aromatic rings. The summed E-state index contributed by atoms with van der Waals surface area (Å²) < 4.78 is 7.43. The molecule has 1 aliphatic carbocycles. The zero-order chi connectivity index (χ0) is 19.7. The smallest absolute Gasteiger partial charge is 0.253 e. The number of nitrogens with zero attached hydrogens (tertiary/aromatic N) is 5. The Bertz CT molecular complexity index is 970. The minimum absolute atomic E-state index is 0.235. The number of amides is 1. The molecule has 4 rings (SSSR count). The fourth-order valence-electron chi connectivity index (χ4n) is 3.73. The average Bonchev–Trinajstić information content (AvgIpc) is 3.40. The minimum Gasteiger partial charge on any atom is -0.340 e. The van der Waals surface area contributed by atoms with Gasteiger partial charge in [0.15, 0.2) is 11.5 Å². The first-order chi connectivity index (χ1) is 13.5. The van der Waals surface area contributed by atoms with Gasteiger partial charge in [0.05, 0.1) is 11.9 Å². The number of nitrogens with one attached hydrogen (secondary N) is 1. The first-order valence-electron chi connectivity index (χ1n) is 9.97. The Kier molecular flexibility index (Phi) is 5.11. The van der Waals surface area contributed by atoms with Crippen molar-refractivity contribution >= 4 is 17.1 Å². The van der Waals surface area contributed by atoms with Crippen molar-refractivity contribution in [1.29, 1.82) is 0 Å². The molecule has 8 heteroatoms. The number of imidazole rings is 1. The van der Waals surface area contributed by atoms with Crippen LogP contribution < -0.4 is 5.32 Å². The predicted molar refractivity (Wildman–Crippen MR) is 104 cm³/mol. The highest BCUT2D eigenvalue weighted by atomic mass is 16.5. The SMILES string of the molecule is CC(C)Cc1noc(C(C)NC(=O)c2cnc3c(c2)ncn3C2CCCC2)n1. The van der Waals surface area contributed by atoms with Crippen LogP contribution in [0.2, 0.25) is 0 Å². The van der Waals surface area contributed by atoms with E-state index in [4.69, 9.17) is 4.52 Å². The summed E-state index contributed by atoms with van der Waals surface area (Å²) in [7, 11) is 0. The van der Waals surface area contributed by atoms with E-state index in [1.165, 1.54) is 12.8 Å². The molecule has 1 atom stereocenters. The van der Waals surface area contributed by atoms with Crippen molar-refractivity contribution in [3.63, 3.8) is 0 Å². The Morgan fingerprint density at radius 2 is 2.07 bits per heavy atom. The number of carbonyl (C=O) groups is 1. The Morgan fingerprint density at radius 3 is 2.82 bits per heavy atom. The number of carbonyl (C=O) groups excluding carboxylic acids is 1. The lowest BCUT2D eigenvalue weighted by molar-refractivity contribution is 0.0932. The summed E-state index contributed by atoms with van der Waals surface area (Å²) in [6.45, 7) is 6.02. The van der Waals surface area contributed by atoms with Crippen LogP contribution in [0.4, 0.5) is 0 Å². The summed E-state index contributed by atoms with van der Waals surface area (Å²) in [6, 6.07) is 1.87. The third-order valence-corrected chi connectivity index (χ3v) is 5.19. The van der Waals surface area contributed by atoms with Crippen molar-refractivity contribution in [3.8, 4) is 0 Å². The highest BCUT2D eigenvalue weighted by molar-refractivity contribution is 5.96. The van der Waals surface area contributed by atoms with Crippen molar-refractivity contribution in [1.82, 2.24) is 30.0 Å². The van der Waals surface area contributed by atoms with Gasteiger partial charge in [0, 0.05) is 18.7 Å². The Labute approximate surface area is 163 Å². The third kappa shape index (κ3) is 3.76. The standard InChI is InChI=1S/C20H26N6O2/c1-12(2)8-17-24-20(28-25-17)13(3)23-19(27)14-9-16-18(21-10-14)26(11-22-16)15-6-4-5-7-15/h9-13,15H,4-8H2,1-3H3,(H,23,27). The van der Waals surface area contributed by atoms with Crippen molar-refractivity contribution in [2.45, 2.75) is 65.0 Å². The van der Waals surface area contributed by atoms with Crippen LogP contribution in [-0.2, 0) is 6.42 Å². The van der Waals surface area contributed by atoms with Crippen molar-refractivity contribution in [2.24, 2.45) is 5.92 Å². The zero-order valence-corrected chi connectivity index (χ0v) is 16.6. The Hall–Kier alpha value is -2.77. The summed E-state index contributed by atoms with van der Waals surface area (Å²) in [5.74, 6) is 1.27. The van der Waals surface area contributed by atoms with E-state index >= 15 is 0 Å². The molecule has 1 amide bonds. The van der Waals surface area contributed by atoms with Crippen LogP contribution in [-0.4, -0.2) is 30.6 Å². The second-order valence-corrected chi connectivity index (χ2v) is 8.00. The number of hydrogen-bond acceptors (Lipinski definition) is 6. The zero-order valence-electron chi connectivity index (χ0n) is 16.6. The predicted octanol–water partition coefficient (Wildman–Crippen LogP) is 3.62. The summed E-state index contributed by atoms with van der Waals surface area (Å²) in [5.41, 5.74) is 2.05. The van der Waals surface area contributed by atoms with Crippen molar-refractivity contribution in [2.75, 3.05) is 0 Å². The fourth-order valence-corrected chi connectivity index (χ4v) is 3.73. The van der Waals surface area contributed by atoms with E-state index in [1.807, 2.05) is 13.3 Å². The Morgan fingerprint density at radius 1 is 1.29 bits per heavy atom. The van der Waals surface area contributed by atoms with Crippen LogP contribution in [0.3, 0.4) is 0 Å². The van der Waals surface area contributed by atoms with E-state index in [0.717, 1.165) is 30.4 Å². The van der Waals surface area contributed by atoms with E-state index < -0.39 is 0 Å². The van der Waals surface area contributed by atoms with Gasteiger partial charge in [-0.05, 0) is 31.7 Å². The molecule has 3 heterocycles. The highest BCUT2D eigenvalue weighted by Crippen LogP contribution is 2.31. The normalized spacial score (nSPS) is 16.1. The van der Waals surface area contributed by atoms with Gasteiger partial charge in [0.1, 0.15) is 11.6 Å². The van der Waals surface area contributed by atoms with E-state index in [2.05, 4.69) is 43.8 Å². The summed E-state index contributed by atoms with van der Waals surface area (Å²) in [4.78, 5) is 26.0. The minimum atomic E-state index is -0.382. The lowest BCUT2D eigenvalue weighted by atomic mass is 10.1. The largest absolute Gasteiger partial charge is 0.340 e. The third-order valence-electron chi connectivity index (χ3n) is 5.19. The molecule has 1 N–H and O–H groups in total. The van der Waals surface area contributed by atoms with Crippen LogP contribution in [0.1, 0.15) is 80.6 Å². The molecular weight excluding hydrogens is 356 g/mol. The van der Waals surface area contributed by atoms with Gasteiger partial charge in [0.25, 0.3) is 5.91 Å². The van der Waals surface area contributed by atoms with Gasteiger partial charge in [0.2, 0.25) is 5.89 Å². The molecule has 0 aliphatic heterocycles. The topological polar surface area (TPSA) is 98.7 Å². The molecule has 1 fully saturated rings. The summed E-state index contributed by atoms with van der Waals surface area (Å²) in [6.07, 6.45) is 9.01. The molecule has 1 unspecified atom stereocenters. The van der Waals surface area contributed by atoms with Gasteiger partial charge >= 0.3 is 0 Å². The van der Waals surface area contributed by atoms with Crippen molar-refractivity contribution in [3.05, 3.63) is 35.9 Å². The van der Waals surface area contributed by atoms with Gasteiger partial charge in [-0.1, -0.05) is 31.8 Å². The van der Waals surface area contributed by atoms with E-state index in [1.54, 1.807) is 12.3 Å². The van der Waals surface area contributed by atoms with E-state index in [9.17, 15) is 4.79 Å². The van der Waals surface area contributed by atoms with Crippen LogP contribution in [0, 0.1) is 5.92 Å². The second kappa shape index (κ2) is 7.69. The number of pyridine rings is 1. The molecule has 28 heavy (non-hydrogen) atoms. The van der Waals surface area contributed by atoms with Gasteiger partial charge < -0.3 is 14.4 Å². The van der Waals surface area contributed by atoms with E-state index in [0.29, 0.717) is 29.2 Å². The van der Waals surface area contributed by atoms with Crippen LogP contribution in [0.5, 0.6) is 0 Å². The number of fused-ring (bicyclic) bond motifs is 1. The van der Waals surface area contributed by atoms with Gasteiger partial charge in [-0.25, -0.2) is 9.97 Å². The summed E-state index contributed by atoms with van der Waals surface area (Å²) >= 11 is 0. The average molecular weight is 382 g/mol. The molecule has 8 nitrogen and oxygen atoms in total. The molecule has 0 bridgehead atoms. The van der Waals surface area contributed by atoms with Gasteiger partial charge in [-0.15, -0.1) is 0 Å². The molecule has 148 valence electrons. The quantitative estimate of drug-likeness (QED) is 0.699. The number of hydrogen-bond donors (Lipinski definition) is 1. The van der Waals surface area contributed by atoms with Gasteiger partial charge in [-0.2, -0.15) is 4.98 Å². The lowest BCUT2D eigenvalue weighted by Crippen LogP contribution is -2.27. The second-order valence-electron chi connectivity index (χ2n) is 8.00. The van der Waals surface area contributed by atoms with Crippen LogP contribution in [0.15, 0.2) is 23.1 Å². The van der Waals surface area contributed by atoms with Gasteiger partial charge in [-0.3, -0.25) is 4.79 Å².